The van der Waals surface area contributed by atoms with Gasteiger partial charge >= 0.3 is 7.12 Å². The van der Waals surface area contributed by atoms with E-state index < -0.39 is 5.41 Å². The van der Waals surface area contributed by atoms with Gasteiger partial charge in [-0.1, -0.05) is 223 Å². The molecule has 0 N–H and O–H groups in total. The van der Waals surface area contributed by atoms with Crippen molar-refractivity contribution in [2.45, 2.75) is 174 Å². The van der Waals surface area contributed by atoms with Crippen LogP contribution in [-0.4, -0.2) is 20.3 Å². The van der Waals surface area contributed by atoms with Crippen LogP contribution in [0.15, 0.2) is 97.1 Å². The van der Waals surface area contributed by atoms with Gasteiger partial charge in [0.25, 0.3) is 0 Å². The number of fused-ring (bicyclic) bond motifs is 6. The topological polar surface area (TPSA) is 18.5 Å². The Hall–Kier alpha value is -3.92. The molecule has 5 aromatic carbocycles. The molecule has 1 saturated heterocycles. The third-order valence-electron chi connectivity index (χ3n) is 15.0. The molecule has 1 fully saturated rings. The highest BCUT2D eigenvalue weighted by Gasteiger charge is 2.50. The average molecular weight is 827 g/mol. The van der Waals surface area contributed by atoms with Crippen molar-refractivity contribution >= 4 is 12.6 Å². The van der Waals surface area contributed by atoms with Gasteiger partial charge in [-0.05, 0) is 115 Å². The number of hydrogen-bond acceptors (Lipinski definition) is 2. The second-order valence-corrected chi connectivity index (χ2v) is 21.4. The highest BCUT2D eigenvalue weighted by Crippen LogP contribution is 2.62. The first kappa shape index (κ1) is 44.7. The molecule has 2 aliphatic carbocycles. The molecule has 1 heterocycles. The van der Waals surface area contributed by atoms with E-state index in [9.17, 15) is 0 Å². The summed E-state index contributed by atoms with van der Waals surface area (Å²) >= 11 is 0. The van der Waals surface area contributed by atoms with Crippen LogP contribution in [0.25, 0.3) is 22.3 Å². The van der Waals surface area contributed by atoms with Crippen molar-refractivity contribution in [2.75, 3.05) is 13.2 Å². The van der Waals surface area contributed by atoms with Gasteiger partial charge in [-0.2, -0.15) is 0 Å². The second kappa shape index (κ2) is 18.3. The van der Waals surface area contributed by atoms with Crippen LogP contribution < -0.4 is 5.46 Å². The van der Waals surface area contributed by atoms with Crippen molar-refractivity contribution in [3.8, 4) is 22.3 Å². The van der Waals surface area contributed by atoms with Gasteiger partial charge in [0.1, 0.15) is 0 Å². The molecule has 1 aliphatic heterocycles. The minimum absolute atomic E-state index is 0.0649. The number of aryl methyl sites for hydroxylation is 1. The van der Waals surface area contributed by atoms with E-state index >= 15 is 0 Å². The summed E-state index contributed by atoms with van der Waals surface area (Å²) in [4.78, 5) is 0. The van der Waals surface area contributed by atoms with Crippen molar-refractivity contribution < 1.29 is 9.31 Å². The fourth-order valence-electron chi connectivity index (χ4n) is 11.4. The number of hydrogen-bond donors (Lipinski definition) is 0. The average Bonchev–Trinajstić information content (AvgIpc) is 3.96. The zero-order valence-electron chi connectivity index (χ0n) is 39.9. The first-order valence-electron chi connectivity index (χ1n) is 24.7. The van der Waals surface area contributed by atoms with Crippen molar-refractivity contribution in [1.29, 1.82) is 0 Å². The maximum atomic E-state index is 6.19. The summed E-state index contributed by atoms with van der Waals surface area (Å²) in [6, 6.07) is 39.4. The molecule has 62 heavy (non-hydrogen) atoms. The summed E-state index contributed by atoms with van der Waals surface area (Å²) in [7, 11) is -0.287. The van der Waals surface area contributed by atoms with Gasteiger partial charge in [-0.15, -0.1) is 0 Å². The standard InChI is InChI=1S/C59H75BO2/c1-10-12-14-16-18-20-34-58(35-21-19-17-15-13-11-2)52-39-47(60-61-36-37-62-60)31-33-48(52)50-41-55-51(40-53(50)58)49-32-22-42(3)38-54(49)59(55,45-27-23-43(24-28-45)56(4,5)6)46-29-25-44(26-30-46)57(7,8)9/h22-33,38-41H,10-21,34-37H2,1-9H3. The largest absolute Gasteiger partial charge is 0.494 e. The molecule has 8 rings (SSSR count). The molecule has 0 bridgehead atoms. The zero-order valence-corrected chi connectivity index (χ0v) is 39.9. The predicted octanol–water partition coefficient (Wildman–Crippen LogP) is 15.5. The molecule has 0 spiro atoms. The molecule has 0 unspecified atom stereocenters. The Morgan fingerprint density at radius 3 is 1.44 bits per heavy atom. The van der Waals surface area contributed by atoms with E-state index in [2.05, 4.69) is 159 Å². The molecule has 3 aliphatic rings. The monoisotopic (exact) mass is 827 g/mol. The quantitative estimate of drug-likeness (QED) is 0.0674. The van der Waals surface area contributed by atoms with Gasteiger partial charge in [0.15, 0.2) is 0 Å². The zero-order chi connectivity index (χ0) is 43.7. The van der Waals surface area contributed by atoms with Crippen LogP contribution in [0.3, 0.4) is 0 Å². The van der Waals surface area contributed by atoms with E-state index in [4.69, 9.17) is 9.31 Å². The van der Waals surface area contributed by atoms with Gasteiger partial charge in [0.05, 0.1) is 18.6 Å². The third kappa shape index (κ3) is 8.31. The first-order valence-corrected chi connectivity index (χ1v) is 24.7. The lowest BCUT2D eigenvalue weighted by atomic mass is 9.66. The Morgan fingerprint density at radius 2 is 0.903 bits per heavy atom. The third-order valence-corrected chi connectivity index (χ3v) is 15.0. The molecule has 0 amide bonds. The van der Waals surface area contributed by atoms with Crippen molar-refractivity contribution in [3.05, 3.63) is 147 Å². The van der Waals surface area contributed by atoms with Crippen LogP contribution >= 0.6 is 0 Å². The van der Waals surface area contributed by atoms with Crippen LogP contribution in [0.5, 0.6) is 0 Å². The lowest BCUT2D eigenvalue weighted by Crippen LogP contribution is -2.34. The van der Waals surface area contributed by atoms with Crippen molar-refractivity contribution in [1.82, 2.24) is 0 Å². The Kier molecular flexibility index (Phi) is 13.2. The van der Waals surface area contributed by atoms with E-state index in [1.165, 1.54) is 162 Å². The lowest BCUT2D eigenvalue weighted by molar-refractivity contribution is 0.365. The van der Waals surface area contributed by atoms with Crippen molar-refractivity contribution in [2.24, 2.45) is 0 Å². The molecule has 0 aromatic heterocycles. The first-order chi connectivity index (χ1) is 29.8. The Bertz CT molecular complexity index is 2240. The molecule has 3 heteroatoms. The van der Waals surface area contributed by atoms with Crippen LogP contribution in [0, 0.1) is 6.92 Å². The molecule has 5 aromatic rings. The van der Waals surface area contributed by atoms with Gasteiger partial charge in [0, 0.05) is 5.41 Å². The Labute approximate surface area is 376 Å². The summed E-state index contributed by atoms with van der Waals surface area (Å²) in [5.74, 6) is 0. The van der Waals surface area contributed by atoms with Gasteiger partial charge in [0.2, 0.25) is 0 Å². The lowest BCUT2D eigenvalue weighted by Gasteiger charge is -2.36. The maximum absolute atomic E-state index is 6.19. The van der Waals surface area contributed by atoms with Crippen LogP contribution in [0.2, 0.25) is 0 Å². The highest BCUT2D eigenvalue weighted by atomic mass is 16.6. The minimum atomic E-state index is -0.478. The second-order valence-electron chi connectivity index (χ2n) is 21.4. The number of rotatable bonds is 17. The van der Waals surface area contributed by atoms with Gasteiger partial charge < -0.3 is 9.31 Å². The summed E-state index contributed by atoms with van der Waals surface area (Å²) in [6.07, 6.45) is 18.0. The van der Waals surface area contributed by atoms with E-state index in [0.717, 1.165) is 0 Å². The maximum Gasteiger partial charge on any atom is 0.494 e. The molecule has 0 radical (unpaired) electrons. The van der Waals surface area contributed by atoms with Crippen LogP contribution in [-0.2, 0) is 31.0 Å². The number of unbranched alkanes of at least 4 members (excludes halogenated alkanes) is 10. The Morgan fingerprint density at radius 1 is 0.468 bits per heavy atom. The van der Waals surface area contributed by atoms with Crippen molar-refractivity contribution in [3.63, 3.8) is 0 Å². The molecule has 0 atom stereocenters. The summed E-state index contributed by atoms with van der Waals surface area (Å²) in [6.45, 7) is 22.2. The predicted molar refractivity (Wildman–Crippen MR) is 265 cm³/mol. The fourth-order valence-corrected chi connectivity index (χ4v) is 11.4. The number of benzene rings is 5. The fraction of sp³-hybridized carbons (Fsp3) is 0.492. The van der Waals surface area contributed by atoms with E-state index in [0.29, 0.717) is 13.2 Å². The summed E-state index contributed by atoms with van der Waals surface area (Å²) in [5.41, 5.74) is 19.0. The molecule has 2 nitrogen and oxygen atoms in total. The highest BCUT2D eigenvalue weighted by molar-refractivity contribution is 6.61. The minimum Gasteiger partial charge on any atom is -0.405 e. The smallest absolute Gasteiger partial charge is 0.405 e. The van der Waals surface area contributed by atoms with E-state index in [1.807, 2.05) is 0 Å². The van der Waals surface area contributed by atoms with Gasteiger partial charge in [-0.3, -0.25) is 0 Å². The van der Waals surface area contributed by atoms with Gasteiger partial charge in [-0.25, -0.2) is 0 Å². The Balaban J connectivity index is 1.37. The summed E-state index contributed by atoms with van der Waals surface area (Å²) in [5, 5.41) is 0. The molecular weight excluding hydrogens is 751 g/mol. The van der Waals surface area contributed by atoms with Crippen LogP contribution in [0.4, 0.5) is 0 Å². The van der Waals surface area contributed by atoms with Crippen LogP contribution in [0.1, 0.15) is 195 Å². The van der Waals surface area contributed by atoms with E-state index in [-0.39, 0.29) is 23.4 Å². The SMILES string of the molecule is CCCCCCCCC1(CCCCCCCC)c2cc(B3OCCO3)ccc2-c2cc3c(cc21)-c1ccc(C)cc1C3(c1ccc(C(C)(C)C)cc1)c1ccc(C(C)(C)C)cc1. The molecular formula is C59H75BO2. The normalized spacial score (nSPS) is 16.0. The summed E-state index contributed by atoms with van der Waals surface area (Å²) < 4.78 is 12.4. The molecule has 326 valence electrons. The van der Waals surface area contributed by atoms with E-state index in [1.54, 1.807) is 5.56 Å². The molecule has 0 saturated carbocycles.